The molecule has 1 aliphatic rings. The van der Waals surface area contributed by atoms with Crippen molar-refractivity contribution in [2.75, 3.05) is 6.61 Å². The minimum atomic E-state index is -0.306. The summed E-state index contributed by atoms with van der Waals surface area (Å²) in [6.07, 6.45) is 8.25. The van der Waals surface area contributed by atoms with E-state index in [-0.39, 0.29) is 5.97 Å². The van der Waals surface area contributed by atoms with Crippen molar-refractivity contribution in [2.45, 2.75) is 45.1 Å². The topological polar surface area (TPSA) is 35.5 Å². The van der Waals surface area contributed by atoms with Gasteiger partial charge >= 0.3 is 5.97 Å². The molecule has 26 heavy (non-hydrogen) atoms. The Kier molecular flexibility index (Phi) is 6.48. The predicted octanol–water partition coefficient (Wildman–Crippen LogP) is 5.50. The van der Waals surface area contributed by atoms with Gasteiger partial charge in [0.15, 0.2) is 0 Å². The zero-order valence-corrected chi connectivity index (χ0v) is 15.3. The van der Waals surface area contributed by atoms with Gasteiger partial charge in [0, 0.05) is 6.08 Å². The number of benzene rings is 2. The van der Waals surface area contributed by atoms with Crippen LogP contribution in [0.1, 0.15) is 55.2 Å². The first-order chi connectivity index (χ1) is 12.8. The lowest BCUT2D eigenvalue weighted by Gasteiger charge is -2.17. The van der Waals surface area contributed by atoms with Gasteiger partial charge in [-0.2, -0.15) is 0 Å². The second-order valence-electron chi connectivity index (χ2n) is 6.64. The van der Waals surface area contributed by atoms with Crippen LogP contribution in [0, 0.1) is 0 Å². The third kappa shape index (κ3) is 4.98. The molecule has 0 unspecified atom stereocenters. The van der Waals surface area contributed by atoms with Crippen molar-refractivity contribution in [3.05, 3.63) is 71.3 Å². The summed E-state index contributed by atoms with van der Waals surface area (Å²) in [5, 5.41) is 0. The molecule has 1 aliphatic carbocycles. The van der Waals surface area contributed by atoms with Gasteiger partial charge in [0.05, 0.1) is 6.61 Å². The highest BCUT2D eigenvalue weighted by Crippen LogP contribution is 2.39. The fraction of sp³-hybridized carbons (Fsp3) is 0.348. The van der Waals surface area contributed by atoms with Crippen LogP contribution in [-0.4, -0.2) is 12.6 Å². The molecule has 0 heterocycles. The number of hydrogen-bond acceptors (Lipinski definition) is 3. The van der Waals surface area contributed by atoms with Gasteiger partial charge in [-0.3, -0.25) is 0 Å². The molecule has 0 spiro atoms. The van der Waals surface area contributed by atoms with E-state index >= 15 is 0 Å². The van der Waals surface area contributed by atoms with Crippen molar-refractivity contribution in [1.29, 1.82) is 0 Å². The molecule has 0 radical (unpaired) electrons. The average molecular weight is 350 g/mol. The highest BCUT2D eigenvalue weighted by molar-refractivity contribution is 5.87. The minimum Gasteiger partial charge on any atom is -0.489 e. The number of carbonyl (C=O) groups is 1. The summed E-state index contributed by atoms with van der Waals surface area (Å²) in [4.78, 5) is 11.6. The zero-order chi connectivity index (χ0) is 18.2. The van der Waals surface area contributed by atoms with E-state index in [1.54, 1.807) is 0 Å². The summed E-state index contributed by atoms with van der Waals surface area (Å²) < 4.78 is 11.1. The highest BCUT2D eigenvalue weighted by Gasteiger charge is 2.21. The second-order valence-corrected chi connectivity index (χ2v) is 6.64. The van der Waals surface area contributed by atoms with Crippen LogP contribution in [0.15, 0.2) is 54.6 Å². The molecule has 1 saturated carbocycles. The molecule has 0 amide bonds. The first-order valence-corrected chi connectivity index (χ1v) is 9.41. The van der Waals surface area contributed by atoms with Gasteiger partial charge in [-0.15, -0.1) is 0 Å². The Labute approximate surface area is 155 Å². The van der Waals surface area contributed by atoms with Crippen LogP contribution in [0.4, 0.5) is 0 Å². The Hall–Kier alpha value is -2.55. The summed E-state index contributed by atoms with van der Waals surface area (Å²) in [5.41, 5.74) is 3.42. The molecule has 0 saturated heterocycles. The smallest absolute Gasteiger partial charge is 0.330 e. The van der Waals surface area contributed by atoms with E-state index in [1.165, 1.54) is 37.3 Å². The van der Waals surface area contributed by atoms with Crippen molar-refractivity contribution in [3.63, 3.8) is 0 Å². The monoisotopic (exact) mass is 350 g/mol. The minimum absolute atomic E-state index is 0.306. The second kappa shape index (κ2) is 9.23. The molecule has 0 aliphatic heterocycles. The maximum absolute atomic E-state index is 11.6. The average Bonchev–Trinajstić information content (AvgIpc) is 3.21. The van der Waals surface area contributed by atoms with E-state index in [1.807, 2.05) is 43.3 Å². The van der Waals surface area contributed by atoms with Crippen molar-refractivity contribution < 1.29 is 14.3 Å². The quantitative estimate of drug-likeness (QED) is 0.488. The molecular weight excluding hydrogens is 324 g/mol. The lowest BCUT2D eigenvalue weighted by atomic mass is 9.94. The largest absolute Gasteiger partial charge is 0.489 e. The summed E-state index contributed by atoms with van der Waals surface area (Å²) >= 11 is 0. The third-order valence-electron chi connectivity index (χ3n) is 4.76. The Balaban J connectivity index is 1.78. The van der Waals surface area contributed by atoms with Gasteiger partial charge in [0.2, 0.25) is 0 Å². The number of carbonyl (C=O) groups excluding carboxylic acids is 1. The molecule has 3 rings (SSSR count). The number of rotatable bonds is 7. The Morgan fingerprint density at radius 3 is 2.62 bits per heavy atom. The van der Waals surface area contributed by atoms with Crippen molar-refractivity contribution in [3.8, 4) is 5.75 Å². The molecule has 2 aromatic rings. The number of ether oxygens (including phenoxy) is 2. The van der Waals surface area contributed by atoms with Crippen LogP contribution in [0.2, 0.25) is 0 Å². The van der Waals surface area contributed by atoms with E-state index in [4.69, 9.17) is 9.47 Å². The summed E-state index contributed by atoms with van der Waals surface area (Å²) in [6, 6.07) is 16.4. The van der Waals surface area contributed by atoms with Crippen molar-refractivity contribution in [1.82, 2.24) is 0 Å². The van der Waals surface area contributed by atoms with Gasteiger partial charge in [-0.05, 0) is 60.6 Å². The van der Waals surface area contributed by atoms with Crippen LogP contribution in [0.25, 0.3) is 6.08 Å². The van der Waals surface area contributed by atoms with Gasteiger partial charge in [-0.25, -0.2) is 4.79 Å². The van der Waals surface area contributed by atoms with Gasteiger partial charge in [0.25, 0.3) is 0 Å². The Bertz CT molecular complexity index is 743. The molecule has 3 nitrogen and oxygen atoms in total. The maximum atomic E-state index is 11.6. The van der Waals surface area contributed by atoms with Gasteiger partial charge < -0.3 is 9.47 Å². The first-order valence-electron chi connectivity index (χ1n) is 9.41. The third-order valence-corrected chi connectivity index (χ3v) is 4.76. The molecule has 136 valence electrons. The van der Waals surface area contributed by atoms with E-state index < -0.39 is 0 Å². The zero-order valence-electron chi connectivity index (χ0n) is 15.3. The molecule has 3 heteroatoms. The highest BCUT2D eigenvalue weighted by atomic mass is 16.5. The van der Waals surface area contributed by atoms with Crippen LogP contribution in [0.5, 0.6) is 5.75 Å². The molecule has 0 N–H and O–H groups in total. The Morgan fingerprint density at radius 1 is 1.12 bits per heavy atom. The van der Waals surface area contributed by atoms with Gasteiger partial charge in [0.1, 0.15) is 12.4 Å². The molecule has 2 aromatic carbocycles. The van der Waals surface area contributed by atoms with E-state index in [2.05, 4.69) is 18.2 Å². The van der Waals surface area contributed by atoms with Gasteiger partial charge in [-0.1, -0.05) is 49.2 Å². The first kappa shape index (κ1) is 18.2. The number of esters is 1. The Morgan fingerprint density at radius 2 is 1.88 bits per heavy atom. The van der Waals surface area contributed by atoms with Crippen LogP contribution in [0.3, 0.4) is 0 Å². The van der Waals surface area contributed by atoms with E-state index in [9.17, 15) is 4.79 Å². The fourth-order valence-corrected chi connectivity index (χ4v) is 3.45. The SMILES string of the molecule is CCOC(=O)/C=C/c1ccc(OCc2ccccc2)c(C2CCCC2)c1. The molecule has 0 atom stereocenters. The lowest BCUT2D eigenvalue weighted by molar-refractivity contribution is -0.137. The summed E-state index contributed by atoms with van der Waals surface area (Å²) in [5.74, 6) is 1.19. The van der Waals surface area contributed by atoms with Crippen molar-refractivity contribution in [2.24, 2.45) is 0 Å². The normalized spacial score (nSPS) is 14.7. The number of hydrogen-bond donors (Lipinski definition) is 0. The molecular formula is C23H26O3. The summed E-state index contributed by atoms with van der Waals surface area (Å²) in [7, 11) is 0. The fourth-order valence-electron chi connectivity index (χ4n) is 3.45. The predicted molar refractivity (Wildman–Crippen MR) is 104 cm³/mol. The molecule has 0 bridgehead atoms. The lowest BCUT2D eigenvalue weighted by Crippen LogP contribution is -2.02. The van der Waals surface area contributed by atoms with E-state index in [0.717, 1.165) is 16.9 Å². The molecule has 1 fully saturated rings. The van der Waals surface area contributed by atoms with Crippen LogP contribution in [-0.2, 0) is 16.1 Å². The van der Waals surface area contributed by atoms with Crippen LogP contribution >= 0.6 is 0 Å². The van der Waals surface area contributed by atoms with Crippen LogP contribution < -0.4 is 4.74 Å². The standard InChI is InChI=1S/C23H26O3/c1-2-25-23(24)15-13-18-12-14-22(21(16-18)20-10-6-7-11-20)26-17-19-8-4-3-5-9-19/h3-5,8-9,12-16,20H,2,6-7,10-11,17H2,1H3/b15-13+. The summed E-state index contributed by atoms with van der Waals surface area (Å²) in [6.45, 7) is 2.77. The maximum Gasteiger partial charge on any atom is 0.330 e. The molecule has 0 aromatic heterocycles. The van der Waals surface area contributed by atoms with E-state index in [0.29, 0.717) is 19.1 Å². The van der Waals surface area contributed by atoms with Crippen molar-refractivity contribution >= 4 is 12.0 Å².